The summed E-state index contributed by atoms with van der Waals surface area (Å²) in [7, 11) is 0. The third kappa shape index (κ3) is 4.99. The van der Waals surface area contributed by atoms with Crippen molar-refractivity contribution in [1.29, 1.82) is 0 Å². The van der Waals surface area contributed by atoms with Gasteiger partial charge < -0.3 is 9.80 Å². The summed E-state index contributed by atoms with van der Waals surface area (Å²) >= 11 is 0. The summed E-state index contributed by atoms with van der Waals surface area (Å²) in [6.07, 6.45) is -7.64. The minimum Gasteiger partial charge on any atom is -0.353 e. The fraction of sp³-hybridized carbons (Fsp3) is 0.333. The number of anilines is 2. The topological polar surface area (TPSA) is 58.0 Å². The molecule has 0 N–H and O–H groups in total. The summed E-state index contributed by atoms with van der Waals surface area (Å²) in [5.41, 5.74) is -1.17. The van der Waals surface area contributed by atoms with Crippen LogP contribution in [0, 0.1) is 6.92 Å². The van der Waals surface area contributed by atoms with Gasteiger partial charge in [0.1, 0.15) is 11.6 Å². The first-order chi connectivity index (χ1) is 15.5. The zero-order chi connectivity index (χ0) is 23.8. The van der Waals surface area contributed by atoms with E-state index < -0.39 is 23.5 Å². The molecule has 3 aromatic rings. The molecular weight excluding hydrogens is 450 g/mol. The fourth-order valence-electron chi connectivity index (χ4n) is 3.53. The third-order valence-electron chi connectivity index (χ3n) is 5.16. The summed E-state index contributed by atoms with van der Waals surface area (Å²) in [6.45, 7) is 2.84. The molecule has 3 heterocycles. The van der Waals surface area contributed by atoms with Crippen molar-refractivity contribution in [3.05, 3.63) is 59.5 Å². The van der Waals surface area contributed by atoms with Gasteiger partial charge >= 0.3 is 12.4 Å². The Bertz CT molecular complexity index is 1120. The maximum atomic E-state index is 13.3. The molecule has 0 atom stereocenters. The number of benzene rings is 1. The molecule has 0 spiro atoms. The number of pyridine rings is 1. The van der Waals surface area contributed by atoms with Crippen molar-refractivity contribution >= 4 is 11.8 Å². The van der Waals surface area contributed by atoms with Crippen LogP contribution in [0.2, 0.25) is 0 Å². The lowest BCUT2D eigenvalue weighted by Gasteiger charge is -2.36. The van der Waals surface area contributed by atoms with Crippen LogP contribution in [0.15, 0.2) is 42.6 Å². The van der Waals surface area contributed by atoms with Gasteiger partial charge in [0, 0.05) is 37.9 Å². The predicted molar refractivity (Wildman–Crippen MR) is 109 cm³/mol. The summed E-state index contributed by atoms with van der Waals surface area (Å²) < 4.78 is 78.4. The van der Waals surface area contributed by atoms with Gasteiger partial charge in [-0.15, -0.1) is 0 Å². The molecule has 0 radical (unpaired) electrons. The highest BCUT2D eigenvalue weighted by Gasteiger charge is 2.36. The highest BCUT2D eigenvalue weighted by molar-refractivity contribution is 5.57. The molecule has 1 fully saturated rings. The van der Waals surface area contributed by atoms with Crippen LogP contribution >= 0.6 is 0 Å². The van der Waals surface area contributed by atoms with Gasteiger partial charge in [-0.3, -0.25) is 0 Å². The first-order valence-electron chi connectivity index (χ1n) is 9.95. The van der Waals surface area contributed by atoms with Crippen LogP contribution in [0.25, 0.3) is 11.4 Å². The van der Waals surface area contributed by atoms with Gasteiger partial charge in [0.15, 0.2) is 5.82 Å². The van der Waals surface area contributed by atoms with Crippen LogP contribution < -0.4 is 9.80 Å². The Balaban J connectivity index is 1.53. The van der Waals surface area contributed by atoms with Gasteiger partial charge in [-0.2, -0.15) is 36.3 Å². The molecule has 174 valence electrons. The van der Waals surface area contributed by atoms with Crippen LogP contribution in [0.5, 0.6) is 0 Å². The number of halogens is 6. The lowest BCUT2D eigenvalue weighted by Crippen LogP contribution is -2.48. The number of hydrogen-bond acceptors (Lipinski definition) is 6. The Kier molecular flexibility index (Phi) is 5.85. The van der Waals surface area contributed by atoms with Crippen molar-refractivity contribution in [2.45, 2.75) is 19.3 Å². The first-order valence-corrected chi connectivity index (χ1v) is 9.95. The second kappa shape index (κ2) is 8.49. The number of hydrogen-bond donors (Lipinski definition) is 0. The number of nitrogens with zero attached hydrogens (tertiary/aromatic N) is 6. The van der Waals surface area contributed by atoms with Crippen LogP contribution in [-0.2, 0) is 12.4 Å². The molecule has 12 heteroatoms. The molecule has 33 heavy (non-hydrogen) atoms. The van der Waals surface area contributed by atoms with Gasteiger partial charge in [-0.1, -0.05) is 12.1 Å². The molecule has 6 nitrogen and oxygen atoms in total. The molecule has 4 rings (SSSR count). The molecule has 0 amide bonds. The molecule has 1 aliphatic rings. The Labute approximate surface area is 184 Å². The van der Waals surface area contributed by atoms with Crippen molar-refractivity contribution in [2.75, 3.05) is 36.0 Å². The SMILES string of the molecule is Cc1nc(-c2ccc(C(F)(F)F)cc2)nc(N2CCN(c3ncccc3C(F)(F)F)CC2)n1. The minimum absolute atomic E-state index is 0.123. The van der Waals surface area contributed by atoms with Crippen LogP contribution in [0.3, 0.4) is 0 Å². The number of piperazine rings is 1. The molecule has 1 saturated heterocycles. The van der Waals surface area contributed by atoms with E-state index >= 15 is 0 Å². The second-order valence-electron chi connectivity index (χ2n) is 7.43. The minimum atomic E-state index is -4.51. The van der Waals surface area contributed by atoms with Crippen LogP contribution in [0.1, 0.15) is 17.0 Å². The monoisotopic (exact) mass is 468 g/mol. The molecule has 2 aromatic heterocycles. The van der Waals surface area contributed by atoms with Crippen LogP contribution in [-0.4, -0.2) is 46.1 Å². The van der Waals surface area contributed by atoms with Crippen LogP contribution in [0.4, 0.5) is 38.1 Å². The van der Waals surface area contributed by atoms with Crippen molar-refractivity contribution in [2.24, 2.45) is 0 Å². The quantitative estimate of drug-likeness (QED) is 0.524. The Morgan fingerprint density at radius 1 is 0.758 bits per heavy atom. The van der Waals surface area contributed by atoms with Crippen molar-refractivity contribution in [3.8, 4) is 11.4 Å². The Hall–Kier alpha value is -3.44. The average Bonchev–Trinajstić information content (AvgIpc) is 2.78. The van der Waals surface area contributed by atoms with Gasteiger partial charge in [0.2, 0.25) is 5.95 Å². The summed E-state index contributed by atoms with van der Waals surface area (Å²) in [4.78, 5) is 20.2. The van der Waals surface area contributed by atoms with Gasteiger partial charge in [0.05, 0.1) is 11.1 Å². The van der Waals surface area contributed by atoms with Crippen molar-refractivity contribution in [1.82, 2.24) is 19.9 Å². The predicted octanol–water partition coefficient (Wildman–Crippen LogP) is 4.61. The molecule has 0 saturated carbocycles. The Morgan fingerprint density at radius 3 is 2.00 bits per heavy atom. The Morgan fingerprint density at radius 2 is 1.39 bits per heavy atom. The number of aryl methyl sites for hydroxylation is 1. The average molecular weight is 468 g/mol. The van der Waals surface area contributed by atoms with Gasteiger partial charge in [-0.05, 0) is 31.2 Å². The van der Waals surface area contributed by atoms with E-state index in [1.165, 1.54) is 24.4 Å². The summed E-state index contributed by atoms with van der Waals surface area (Å²) in [6, 6.07) is 6.74. The van der Waals surface area contributed by atoms with E-state index in [0.29, 0.717) is 30.4 Å². The maximum Gasteiger partial charge on any atom is 0.419 e. The van der Waals surface area contributed by atoms with E-state index in [1.54, 1.807) is 16.7 Å². The second-order valence-corrected chi connectivity index (χ2v) is 7.43. The summed E-state index contributed by atoms with van der Waals surface area (Å²) in [5.74, 6) is 0.787. The molecule has 0 unspecified atom stereocenters. The molecule has 1 aliphatic heterocycles. The van der Waals surface area contributed by atoms with E-state index in [4.69, 9.17) is 0 Å². The lowest BCUT2D eigenvalue weighted by atomic mass is 10.1. The van der Waals surface area contributed by atoms with Crippen molar-refractivity contribution < 1.29 is 26.3 Å². The van der Waals surface area contributed by atoms with E-state index in [0.717, 1.165) is 18.2 Å². The first kappa shape index (κ1) is 22.7. The standard InChI is InChI=1S/C21H18F6N6/c1-13-29-17(14-4-6-15(7-5-14)20(22,23)24)31-19(30-13)33-11-9-32(10-12-33)18-16(21(25,26)27)3-2-8-28-18/h2-8H,9-12H2,1H3. The van der Waals surface area contributed by atoms with Gasteiger partial charge in [0.25, 0.3) is 0 Å². The molecular formula is C21H18F6N6. The maximum absolute atomic E-state index is 13.3. The summed E-state index contributed by atoms with van der Waals surface area (Å²) in [5, 5.41) is 0. The van der Waals surface area contributed by atoms with E-state index in [9.17, 15) is 26.3 Å². The van der Waals surface area contributed by atoms with E-state index in [2.05, 4.69) is 19.9 Å². The molecule has 0 bridgehead atoms. The van der Waals surface area contributed by atoms with E-state index in [-0.39, 0.29) is 24.7 Å². The fourth-order valence-corrected chi connectivity index (χ4v) is 3.53. The normalized spacial score (nSPS) is 15.1. The number of alkyl halides is 6. The zero-order valence-electron chi connectivity index (χ0n) is 17.3. The number of rotatable bonds is 3. The zero-order valence-corrected chi connectivity index (χ0v) is 17.3. The van der Waals surface area contributed by atoms with Crippen molar-refractivity contribution in [3.63, 3.8) is 0 Å². The van der Waals surface area contributed by atoms with E-state index in [1.807, 2.05) is 0 Å². The largest absolute Gasteiger partial charge is 0.419 e. The highest BCUT2D eigenvalue weighted by Crippen LogP contribution is 2.35. The number of aromatic nitrogens is 4. The smallest absolute Gasteiger partial charge is 0.353 e. The van der Waals surface area contributed by atoms with Gasteiger partial charge in [-0.25, -0.2) is 9.97 Å². The molecule has 1 aromatic carbocycles. The third-order valence-corrected chi connectivity index (χ3v) is 5.16. The molecule has 0 aliphatic carbocycles. The lowest BCUT2D eigenvalue weighted by molar-refractivity contribution is -0.138. The highest BCUT2D eigenvalue weighted by atomic mass is 19.4.